The molecule has 0 radical (unpaired) electrons. The summed E-state index contributed by atoms with van der Waals surface area (Å²) in [5, 5.41) is 0. The van der Waals surface area contributed by atoms with Gasteiger partial charge in [0.2, 0.25) is 0 Å². The topological polar surface area (TPSA) is 48.3 Å². The SMILES string of the molecule is CC.COC(=O)CCn1cccc(C)c1=O. The van der Waals surface area contributed by atoms with Crippen molar-refractivity contribution < 1.29 is 9.53 Å². The zero-order valence-electron chi connectivity index (χ0n) is 10.3. The standard InChI is InChI=1S/C10H13NO3.C2H6/c1-8-4-3-6-11(10(8)13)7-5-9(12)14-2;1-2/h3-4,6H,5,7H2,1-2H3;1-2H3. The quantitative estimate of drug-likeness (QED) is 0.736. The third kappa shape index (κ3) is 4.29. The number of hydrogen-bond acceptors (Lipinski definition) is 3. The first-order valence-corrected chi connectivity index (χ1v) is 5.38. The molecule has 0 amide bonds. The fourth-order valence-corrected chi connectivity index (χ4v) is 1.15. The highest BCUT2D eigenvalue weighted by molar-refractivity contribution is 5.68. The molecule has 0 aromatic carbocycles. The highest BCUT2D eigenvalue weighted by Gasteiger charge is 2.02. The fraction of sp³-hybridized carbons (Fsp3) is 0.500. The van der Waals surface area contributed by atoms with Gasteiger partial charge in [0.05, 0.1) is 13.5 Å². The van der Waals surface area contributed by atoms with Crippen molar-refractivity contribution in [2.24, 2.45) is 0 Å². The first-order chi connectivity index (χ1) is 7.65. The van der Waals surface area contributed by atoms with E-state index in [0.717, 1.165) is 0 Å². The maximum atomic E-state index is 11.5. The average Bonchev–Trinajstić information content (AvgIpc) is 2.33. The molecule has 4 heteroatoms. The minimum atomic E-state index is -0.307. The van der Waals surface area contributed by atoms with Gasteiger partial charge in [-0.3, -0.25) is 9.59 Å². The smallest absolute Gasteiger partial charge is 0.307 e. The second kappa shape index (κ2) is 7.68. The molecular formula is C12H19NO3. The molecule has 0 saturated carbocycles. The van der Waals surface area contributed by atoms with E-state index in [2.05, 4.69) is 4.74 Å². The molecule has 0 aliphatic carbocycles. The van der Waals surface area contributed by atoms with E-state index in [1.54, 1.807) is 25.3 Å². The van der Waals surface area contributed by atoms with Crippen LogP contribution in [0.15, 0.2) is 23.1 Å². The number of hydrogen-bond donors (Lipinski definition) is 0. The van der Waals surface area contributed by atoms with Crippen LogP contribution in [0.2, 0.25) is 0 Å². The highest BCUT2D eigenvalue weighted by atomic mass is 16.5. The molecule has 0 spiro atoms. The second-order valence-corrected chi connectivity index (χ2v) is 3.02. The van der Waals surface area contributed by atoms with E-state index in [-0.39, 0.29) is 17.9 Å². The lowest BCUT2D eigenvalue weighted by Gasteiger charge is -2.04. The maximum Gasteiger partial charge on any atom is 0.307 e. The van der Waals surface area contributed by atoms with E-state index in [1.807, 2.05) is 13.8 Å². The minimum absolute atomic E-state index is 0.0589. The van der Waals surface area contributed by atoms with Crippen LogP contribution in [0.4, 0.5) is 0 Å². The van der Waals surface area contributed by atoms with Crippen LogP contribution in [0.3, 0.4) is 0 Å². The Morgan fingerprint density at radius 3 is 2.62 bits per heavy atom. The fourth-order valence-electron chi connectivity index (χ4n) is 1.15. The predicted octanol–water partition coefficient (Wildman–Crippen LogP) is 1.75. The Balaban J connectivity index is 0.00000106. The molecule has 1 aromatic heterocycles. The van der Waals surface area contributed by atoms with Crippen molar-refractivity contribution in [3.8, 4) is 0 Å². The first kappa shape index (κ1) is 14.4. The zero-order valence-corrected chi connectivity index (χ0v) is 10.3. The molecular weight excluding hydrogens is 206 g/mol. The number of carbonyl (C=O) groups excluding carboxylic acids is 1. The van der Waals surface area contributed by atoms with Crippen molar-refractivity contribution in [1.29, 1.82) is 0 Å². The van der Waals surface area contributed by atoms with Crippen LogP contribution in [0, 0.1) is 6.92 Å². The largest absolute Gasteiger partial charge is 0.469 e. The van der Waals surface area contributed by atoms with Gasteiger partial charge in [0.15, 0.2) is 0 Å². The molecule has 90 valence electrons. The summed E-state index contributed by atoms with van der Waals surface area (Å²) < 4.78 is 5.99. The summed E-state index contributed by atoms with van der Waals surface area (Å²) in [7, 11) is 1.33. The van der Waals surface area contributed by atoms with Gasteiger partial charge in [0.25, 0.3) is 5.56 Å². The third-order valence-corrected chi connectivity index (χ3v) is 1.99. The number of aromatic nitrogens is 1. The number of methoxy groups -OCH3 is 1. The van der Waals surface area contributed by atoms with Crippen molar-refractivity contribution >= 4 is 5.97 Å². The Morgan fingerprint density at radius 2 is 2.06 bits per heavy atom. The van der Waals surface area contributed by atoms with Crippen molar-refractivity contribution in [1.82, 2.24) is 4.57 Å². The number of aryl methyl sites for hydroxylation is 2. The molecule has 0 N–H and O–H groups in total. The Bertz CT molecular complexity index is 382. The van der Waals surface area contributed by atoms with Crippen LogP contribution in [0.1, 0.15) is 25.8 Å². The third-order valence-electron chi connectivity index (χ3n) is 1.99. The zero-order chi connectivity index (χ0) is 12.6. The molecule has 1 rings (SSSR count). The lowest BCUT2D eigenvalue weighted by atomic mass is 10.3. The van der Waals surface area contributed by atoms with Crippen molar-refractivity contribution in [3.63, 3.8) is 0 Å². The lowest BCUT2D eigenvalue weighted by molar-refractivity contribution is -0.140. The molecule has 0 aliphatic rings. The average molecular weight is 225 g/mol. The van der Waals surface area contributed by atoms with Gasteiger partial charge in [-0.25, -0.2) is 0 Å². The predicted molar refractivity (Wildman–Crippen MR) is 63.4 cm³/mol. The molecule has 1 aromatic rings. The summed E-state index contributed by atoms with van der Waals surface area (Å²) in [6, 6.07) is 3.53. The van der Waals surface area contributed by atoms with Gasteiger partial charge >= 0.3 is 5.97 Å². The van der Waals surface area contributed by atoms with Gasteiger partial charge in [0, 0.05) is 18.3 Å². The van der Waals surface area contributed by atoms with E-state index in [1.165, 1.54) is 11.7 Å². The monoisotopic (exact) mass is 225 g/mol. The normalized spacial score (nSPS) is 9.00. The van der Waals surface area contributed by atoms with Gasteiger partial charge in [-0.15, -0.1) is 0 Å². The van der Waals surface area contributed by atoms with Crippen LogP contribution >= 0.6 is 0 Å². The number of ether oxygens (including phenoxy) is 1. The summed E-state index contributed by atoms with van der Waals surface area (Å²) in [4.78, 5) is 22.3. The van der Waals surface area contributed by atoms with Gasteiger partial charge in [-0.1, -0.05) is 19.9 Å². The van der Waals surface area contributed by atoms with E-state index in [9.17, 15) is 9.59 Å². The molecule has 0 fully saturated rings. The van der Waals surface area contributed by atoms with Crippen LogP contribution in [0.25, 0.3) is 0 Å². The van der Waals surface area contributed by atoms with Crippen molar-refractivity contribution in [2.75, 3.05) is 7.11 Å². The van der Waals surface area contributed by atoms with Crippen molar-refractivity contribution in [2.45, 2.75) is 33.7 Å². The van der Waals surface area contributed by atoms with Crippen LogP contribution < -0.4 is 5.56 Å². The molecule has 1 heterocycles. The second-order valence-electron chi connectivity index (χ2n) is 3.02. The van der Waals surface area contributed by atoms with Gasteiger partial charge < -0.3 is 9.30 Å². The molecule has 0 saturated heterocycles. The molecule has 0 unspecified atom stereocenters. The van der Waals surface area contributed by atoms with Gasteiger partial charge in [0.1, 0.15) is 0 Å². The maximum absolute atomic E-state index is 11.5. The first-order valence-electron chi connectivity index (χ1n) is 5.38. The summed E-state index contributed by atoms with van der Waals surface area (Å²) >= 11 is 0. The molecule has 0 bridgehead atoms. The molecule has 0 aliphatic heterocycles. The number of esters is 1. The highest BCUT2D eigenvalue weighted by Crippen LogP contribution is 1.92. The number of pyridine rings is 1. The summed E-state index contributed by atoms with van der Waals surface area (Å²) in [5.74, 6) is -0.307. The van der Waals surface area contributed by atoms with Gasteiger partial charge in [-0.2, -0.15) is 0 Å². The summed E-state index contributed by atoms with van der Waals surface area (Å²) in [6.45, 7) is 6.12. The Hall–Kier alpha value is -1.58. The van der Waals surface area contributed by atoms with E-state index in [4.69, 9.17) is 0 Å². The Labute approximate surface area is 95.9 Å². The van der Waals surface area contributed by atoms with E-state index in [0.29, 0.717) is 12.1 Å². The van der Waals surface area contributed by atoms with E-state index >= 15 is 0 Å². The van der Waals surface area contributed by atoms with Crippen molar-refractivity contribution in [3.05, 3.63) is 34.2 Å². The van der Waals surface area contributed by atoms with E-state index < -0.39 is 0 Å². The summed E-state index contributed by atoms with van der Waals surface area (Å²) in [5.41, 5.74) is 0.619. The Kier molecular flexibility index (Phi) is 6.92. The number of rotatable bonds is 3. The van der Waals surface area contributed by atoms with Crippen LogP contribution in [0.5, 0.6) is 0 Å². The summed E-state index contributed by atoms with van der Waals surface area (Å²) in [6.07, 6.45) is 1.89. The minimum Gasteiger partial charge on any atom is -0.469 e. The molecule has 0 atom stereocenters. The van der Waals surface area contributed by atoms with Crippen LogP contribution in [-0.4, -0.2) is 17.6 Å². The lowest BCUT2D eigenvalue weighted by Crippen LogP contribution is -2.22. The molecule has 4 nitrogen and oxygen atoms in total. The van der Waals surface area contributed by atoms with Crippen LogP contribution in [-0.2, 0) is 16.1 Å². The Morgan fingerprint density at radius 1 is 1.44 bits per heavy atom. The number of nitrogens with zero attached hydrogens (tertiary/aromatic N) is 1. The number of carbonyl (C=O) groups is 1. The van der Waals surface area contributed by atoms with Gasteiger partial charge in [-0.05, 0) is 13.0 Å². The molecule has 16 heavy (non-hydrogen) atoms.